The Morgan fingerprint density at radius 2 is 2.29 bits per heavy atom. The number of nitro benzene ring substituents is 1. The van der Waals surface area contributed by atoms with Crippen LogP contribution in [0.1, 0.15) is 18.4 Å². The maximum absolute atomic E-state index is 10.9. The number of nitro groups is 1. The van der Waals surface area contributed by atoms with Crippen molar-refractivity contribution >= 4 is 22.2 Å². The van der Waals surface area contributed by atoms with E-state index >= 15 is 0 Å². The van der Waals surface area contributed by atoms with E-state index in [0.29, 0.717) is 6.42 Å². The van der Waals surface area contributed by atoms with Crippen LogP contribution in [0.5, 0.6) is 0 Å². The van der Waals surface area contributed by atoms with Crippen molar-refractivity contribution in [1.29, 1.82) is 0 Å². The fraction of sp³-hybridized carbons (Fsp3) is 0.333. The minimum Gasteiger partial charge on any atom is -0.396 e. The molecule has 21 heavy (non-hydrogen) atoms. The van der Waals surface area contributed by atoms with Gasteiger partial charge in [-0.1, -0.05) is 6.08 Å². The van der Waals surface area contributed by atoms with Crippen LogP contribution in [0, 0.1) is 10.1 Å². The molecule has 0 bridgehead atoms. The lowest BCUT2D eigenvalue weighted by atomic mass is 9.95. The van der Waals surface area contributed by atoms with Gasteiger partial charge in [-0.25, -0.2) is 0 Å². The minimum absolute atomic E-state index is 0.102. The van der Waals surface area contributed by atoms with Crippen LogP contribution >= 0.6 is 0 Å². The first-order chi connectivity index (χ1) is 10.2. The third-order valence-corrected chi connectivity index (χ3v) is 3.87. The summed E-state index contributed by atoms with van der Waals surface area (Å²) in [6.07, 6.45) is 5.56. The number of H-pyrrole nitrogens is 1. The number of rotatable bonds is 4. The molecule has 6 heteroatoms. The molecule has 0 amide bonds. The van der Waals surface area contributed by atoms with Gasteiger partial charge in [0.1, 0.15) is 0 Å². The van der Waals surface area contributed by atoms with Crippen LogP contribution in [-0.2, 0) is 0 Å². The largest absolute Gasteiger partial charge is 0.396 e. The Morgan fingerprint density at radius 1 is 1.43 bits per heavy atom. The summed E-state index contributed by atoms with van der Waals surface area (Å²) in [6, 6.07) is 5.02. The fourth-order valence-electron chi connectivity index (χ4n) is 2.81. The molecular weight excluding hydrogens is 270 g/mol. The number of hydrogen-bond donors (Lipinski definition) is 3. The molecule has 2 heterocycles. The molecule has 3 N–H and O–H groups in total. The minimum atomic E-state index is -0.373. The first-order valence-corrected chi connectivity index (χ1v) is 7.00. The monoisotopic (exact) mass is 287 g/mol. The Kier molecular flexibility index (Phi) is 3.72. The van der Waals surface area contributed by atoms with E-state index in [1.54, 1.807) is 12.1 Å². The number of aliphatic hydroxyl groups is 1. The van der Waals surface area contributed by atoms with Gasteiger partial charge in [-0.15, -0.1) is 0 Å². The van der Waals surface area contributed by atoms with E-state index in [4.69, 9.17) is 5.11 Å². The first kappa shape index (κ1) is 13.8. The van der Waals surface area contributed by atoms with Gasteiger partial charge in [0, 0.05) is 47.4 Å². The Morgan fingerprint density at radius 3 is 3.05 bits per heavy atom. The van der Waals surface area contributed by atoms with E-state index in [1.165, 1.54) is 11.6 Å². The smallest absolute Gasteiger partial charge is 0.270 e. The zero-order valence-corrected chi connectivity index (χ0v) is 11.5. The van der Waals surface area contributed by atoms with Gasteiger partial charge in [0.2, 0.25) is 0 Å². The molecule has 0 saturated carbocycles. The predicted octanol–water partition coefficient (Wildman–Crippen LogP) is 2.20. The highest BCUT2D eigenvalue weighted by Gasteiger charge is 2.17. The topological polar surface area (TPSA) is 91.2 Å². The molecule has 0 fully saturated rings. The van der Waals surface area contributed by atoms with Gasteiger partial charge in [-0.2, -0.15) is 0 Å². The highest BCUT2D eigenvalue weighted by atomic mass is 16.6. The molecule has 1 aromatic carbocycles. The molecule has 0 spiro atoms. The Balaban J connectivity index is 2.03. The van der Waals surface area contributed by atoms with Crippen molar-refractivity contribution in [2.24, 2.45) is 0 Å². The molecule has 2 aromatic rings. The number of aliphatic hydroxyl groups excluding tert-OH is 1. The van der Waals surface area contributed by atoms with Gasteiger partial charge in [-0.3, -0.25) is 10.1 Å². The van der Waals surface area contributed by atoms with Gasteiger partial charge >= 0.3 is 0 Å². The van der Waals surface area contributed by atoms with E-state index in [2.05, 4.69) is 16.4 Å². The summed E-state index contributed by atoms with van der Waals surface area (Å²) < 4.78 is 0. The maximum Gasteiger partial charge on any atom is 0.270 e. The molecule has 0 saturated heterocycles. The van der Waals surface area contributed by atoms with Crippen LogP contribution < -0.4 is 5.32 Å². The number of fused-ring (bicyclic) bond motifs is 1. The van der Waals surface area contributed by atoms with Crippen LogP contribution in [0.25, 0.3) is 16.5 Å². The molecule has 0 aliphatic carbocycles. The third-order valence-electron chi connectivity index (χ3n) is 3.87. The summed E-state index contributed by atoms with van der Waals surface area (Å²) in [6.45, 7) is 0.985. The van der Waals surface area contributed by atoms with Gasteiger partial charge in [0.25, 0.3) is 5.69 Å². The standard InChI is InChI=1S/C15H17N3O3/c19-6-4-11-7-10(3-5-16-11)14-9-17-15-2-1-12(18(20)21)8-13(14)15/h1-2,7-9,11,16-17,19H,3-6H2. The molecule has 1 atom stereocenters. The second-order valence-electron chi connectivity index (χ2n) is 5.20. The normalized spacial score (nSPS) is 18.7. The van der Waals surface area contributed by atoms with Crippen molar-refractivity contribution in [2.45, 2.75) is 18.9 Å². The summed E-state index contributed by atoms with van der Waals surface area (Å²) >= 11 is 0. The maximum atomic E-state index is 10.9. The van der Waals surface area contributed by atoms with Crippen LogP contribution in [0.15, 0.2) is 30.5 Å². The summed E-state index contributed by atoms with van der Waals surface area (Å²) in [5, 5.41) is 24.2. The number of benzene rings is 1. The zero-order chi connectivity index (χ0) is 14.8. The third kappa shape index (κ3) is 2.68. The first-order valence-electron chi connectivity index (χ1n) is 7.00. The van der Waals surface area contributed by atoms with E-state index in [0.717, 1.165) is 29.4 Å². The average Bonchev–Trinajstić information content (AvgIpc) is 2.90. The Hall–Kier alpha value is -2.18. The second kappa shape index (κ2) is 5.67. The number of non-ortho nitro benzene ring substituents is 1. The predicted molar refractivity (Wildman–Crippen MR) is 81.0 cm³/mol. The number of hydrogen-bond acceptors (Lipinski definition) is 4. The summed E-state index contributed by atoms with van der Waals surface area (Å²) in [7, 11) is 0. The lowest BCUT2D eigenvalue weighted by Crippen LogP contribution is -2.32. The van der Waals surface area contributed by atoms with E-state index < -0.39 is 0 Å². The van der Waals surface area contributed by atoms with Crippen molar-refractivity contribution in [2.75, 3.05) is 13.2 Å². The van der Waals surface area contributed by atoms with Gasteiger partial charge < -0.3 is 15.4 Å². The van der Waals surface area contributed by atoms with Crippen LogP contribution in [0.4, 0.5) is 5.69 Å². The zero-order valence-electron chi connectivity index (χ0n) is 11.5. The van der Waals surface area contributed by atoms with Gasteiger partial charge in [-0.05, 0) is 31.0 Å². The summed E-state index contributed by atoms with van der Waals surface area (Å²) in [5.74, 6) is 0. The van der Waals surface area contributed by atoms with Crippen molar-refractivity contribution in [1.82, 2.24) is 10.3 Å². The summed E-state index contributed by atoms with van der Waals surface area (Å²) in [4.78, 5) is 13.7. The Bertz CT molecular complexity index is 705. The van der Waals surface area contributed by atoms with E-state index in [-0.39, 0.29) is 23.3 Å². The van der Waals surface area contributed by atoms with Gasteiger partial charge in [0.15, 0.2) is 0 Å². The quantitative estimate of drug-likeness (QED) is 0.594. The second-order valence-corrected chi connectivity index (χ2v) is 5.20. The molecule has 3 rings (SSSR count). The molecule has 1 unspecified atom stereocenters. The van der Waals surface area contributed by atoms with E-state index in [9.17, 15) is 10.1 Å². The van der Waals surface area contributed by atoms with Crippen molar-refractivity contribution < 1.29 is 10.0 Å². The molecule has 6 nitrogen and oxygen atoms in total. The SMILES string of the molecule is O=[N+]([O-])c1ccc2[nH]cc(C3=CC(CCO)NCC3)c2c1. The molecule has 1 aliphatic rings. The van der Waals surface area contributed by atoms with Crippen LogP contribution in [-0.4, -0.2) is 34.2 Å². The number of nitrogens with one attached hydrogen (secondary N) is 2. The number of aromatic nitrogens is 1. The van der Waals surface area contributed by atoms with Gasteiger partial charge in [0.05, 0.1) is 4.92 Å². The van der Waals surface area contributed by atoms with Crippen LogP contribution in [0.3, 0.4) is 0 Å². The molecule has 1 aliphatic heterocycles. The molecule has 110 valence electrons. The average molecular weight is 287 g/mol. The van der Waals surface area contributed by atoms with E-state index in [1.807, 2.05) is 6.20 Å². The number of nitrogens with zero attached hydrogens (tertiary/aromatic N) is 1. The molecular formula is C15H17N3O3. The highest BCUT2D eigenvalue weighted by molar-refractivity contribution is 5.94. The van der Waals surface area contributed by atoms with Crippen molar-refractivity contribution in [3.8, 4) is 0 Å². The fourth-order valence-corrected chi connectivity index (χ4v) is 2.81. The summed E-state index contributed by atoms with van der Waals surface area (Å²) in [5.41, 5.74) is 3.18. The van der Waals surface area contributed by atoms with Crippen molar-refractivity contribution in [3.05, 3.63) is 46.1 Å². The molecule has 0 radical (unpaired) electrons. The molecule has 1 aromatic heterocycles. The Labute approximate surface area is 121 Å². The lowest BCUT2D eigenvalue weighted by Gasteiger charge is -2.22. The van der Waals surface area contributed by atoms with Crippen molar-refractivity contribution in [3.63, 3.8) is 0 Å². The van der Waals surface area contributed by atoms with Crippen LogP contribution in [0.2, 0.25) is 0 Å². The lowest BCUT2D eigenvalue weighted by molar-refractivity contribution is -0.384. The highest BCUT2D eigenvalue weighted by Crippen LogP contribution is 2.31. The number of aromatic amines is 1.